The highest BCUT2D eigenvalue weighted by molar-refractivity contribution is 7.99. The Labute approximate surface area is 117 Å². The Morgan fingerprint density at radius 3 is 3.05 bits per heavy atom. The lowest BCUT2D eigenvalue weighted by molar-refractivity contribution is 0.0471. The minimum absolute atomic E-state index is 0.0558. The maximum absolute atomic E-state index is 12.4. The molecule has 1 aliphatic rings. The summed E-state index contributed by atoms with van der Waals surface area (Å²) in [5.74, 6) is 0.271. The lowest BCUT2D eigenvalue weighted by Crippen LogP contribution is -2.42. The molecule has 1 atom stereocenters. The molecule has 1 aromatic rings. The second kappa shape index (κ2) is 6.60. The highest BCUT2D eigenvalue weighted by atomic mass is 32.2. The molecular weight excluding hydrogens is 260 g/mol. The fourth-order valence-electron chi connectivity index (χ4n) is 2.19. The Balaban J connectivity index is 2.16. The topological polar surface area (TPSA) is 64.3 Å². The van der Waals surface area contributed by atoms with Crippen molar-refractivity contribution in [2.75, 3.05) is 18.8 Å². The van der Waals surface area contributed by atoms with Crippen LogP contribution in [-0.2, 0) is 0 Å². The van der Waals surface area contributed by atoms with E-state index >= 15 is 0 Å². The summed E-state index contributed by atoms with van der Waals surface area (Å²) in [5, 5.41) is 18.3. The van der Waals surface area contributed by atoms with Gasteiger partial charge in [-0.1, -0.05) is 12.1 Å². The minimum Gasteiger partial charge on any atom is -0.391 e. The number of nitrogens with zero attached hydrogens (tertiary/aromatic N) is 2. The van der Waals surface area contributed by atoms with Crippen LogP contribution < -0.4 is 0 Å². The smallest absolute Gasteiger partial charge is 0.255 e. The van der Waals surface area contributed by atoms with Gasteiger partial charge in [-0.05, 0) is 25.0 Å². The number of carbonyl (C=O) groups is 1. The van der Waals surface area contributed by atoms with Crippen LogP contribution in [0, 0.1) is 11.3 Å². The number of likely N-dealkylation sites (tertiary alicyclic amines) is 1. The number of hydrogen-bond acceptors (Lipinski definition) is 4. The van der Waals surface area contributed by atoms with E-state index in [1.165, 1.54) is 11.8 Å². The molecular formula is C14H16N2O2S. The third-order valence-corrected chi connectivity index (χ3v) is 4.03. The van der Waals surface area contributed by atoms with Crippen molar-refractivity contribution in [1.82, 2.24) is 4.90 Å². The van der Waals surface area contributed by atoms with Crippen LogP contribution in [-0.4, -0.2) is 40.9 Å². The number of aliphatic hydroxyl groups excluding tert-OH is 1. The number of β-amino-alcohol motifs (C(OH)–C–C–N with tert-alkyl or cyclic N) is 1. The third-order valence-electron chi connectivity index (χ3n) is 3.09. The summed E-state index contributed by atoms with van der Waals surface area (Å²) in [5.41, 5.74) is 0.622. The molecule has 1 aromatic carbocycles. The number of carbonyl (C=O) groups excluding carboxylic acids is 1. The van der Waals surface area contributed by atoms with Gasteiger partial charge in [0.05, 0.1) is 23.5 Å². The van der Waals surface area contributed by atoms with Crippen molar-refractivity contribution >= 4 is 17.7 Å². The summed E-state index contributed by atoms with van der Waals surface area (Å²) in [6, 6.07) is 9.39. The highest BCUT2D eigenvalue weighted by Gasteiger charge is 2.24. The Morgan fingerprint density at radius 1 is 1.53 bits per heavy atom. The van der Waals surface area contributed by atoms with Gasteiger partial charge in [-0.15, -0.1) is 11.8 Å². The normalized spacial score (nSPS) is 18.9. The first-order valence-corrected chi connectivity index (χ1v) is 7.27. The van der Waals surface area contributed by atoms with Gasteiger partial charge in [0, 0.05) is 18.0 Å². The SMILES string of the molecule is N#CCSc1ccccc1C(=O)N1CCC[C@H](O)C1. The third kappa shape index (κ3) is 3.49. The van der Waals surface area contributed by atoms with Crippen LogP contribution >= 0.6 is 11.8 Å². The fraction of sp³-hybridized carbons (Fsp3) is 0.429. The molecule has 0 spiro atoms. The molecule has 2 rings (SSSR count). The highest BCUT2D eigenvalue weighted by Crippen LogP contribution is 2.24. The summed E-state index contributed by atoms with van der Waals surface area (Å²) in [7, 11) is 0. The average Bonchev–Trinajstić information content (AvgIpc) is 2.44. The molecule has 1 aliphatic heterocycles. The predicted octanol–water partition coefficient (Wildman–Crippen LogP) is 1.90. The van der Waals surface area contributed by atoms with Gasteiger partial charge in [-0.3, -0.25) is 4.79 Å². The van der Waals surface area contributed by atoms with Crippen LogP contribution in [0.3, 0.4) is 0 Å². The maximum Gasteiger partial charge on any atom is 0.255 e. The van der Waals surface area contributed by atoms with Gasteiger partial charge in [-0.2, -0.15) is 5.26 Å². The predicted molar refractivity (Wildman–Crippen MR) is 73.9 cm³/mol. The largest absolute Gasteiger partial charge is 0.391 e. The molecule has 0 saturated carbocycles. The maximum atomic E-state index is 12.4. The molecule has 5 heteroatoms. The second-order valence-corrected chi connectivity index (χ2v) is 5.51. The molecule has 100 valence electrons. The van der Waals surface area contributed by atoms with Gasteiger partial charge in [0.15, 0.2) is 0 Å². The van der Waals surface area contributed by atoms with E-state index in [0.717, 1.165) is 17.7 Å². The zero-order valence-electron chi connectivity index (χ0n) is 10.6. The van der Waals surface area contributed by atoms with Gasteiger partial charge in [0.25, 0.3) is 5.91 Å². The number of amides is 1. The standard InChI is InChI=1S/C14H16N2O2S/c15-7-9-19-13-6-2-1-5-12(13)14(18)16-8-3-4-11(17)10-16/h1-2,5-6,11,17H,3-4,8-10H2/t11-/m0/s1. The molecule has 0 bridgehead atoms. The van der Waals surface area contributed by atoms with Crippen LogP contribution in [0.4, 0.5) is 0 Å². The molecule has 0 unspecified atom stereocenters. The van der Waals surface area contributed by atoms with Crippen LogP contribution in [0.5, 0.6) is 0 Å². The zero-order valence-corrected chi connectivity index (χ0v) is 11.4. The van der Waals surface area contributed by atoms with Crippen molar-refractivity contribution in [1.29, 1.82) is 5.26 Å². The number of benzene rings is 1. The van der Waals surface area contributed by atoms with Crippen molar-refractivity contribution in [3.8, 4) is 6.07 Å². The van der Waals surface area contributed by atoms with Crippen molar-refractivity contribution in [3.63, 3.8) is 0 Å². The molecule has 1 N–H and O–H groups in total. The van der Waals surface area contributed by atoms with Crippen molar-refractivity contribution in [3.05, 3.63) is 29.8 Å². The first kappa shape index (κ1) is 13.9. The fourth-order valence-corrected chi connectivity index (χ4v) is 2.89. The Hall–Kier alpha value is -1.51. The van der Waals surface area contributed by atoms with E-state index in [4.69, 9.17) is 5.26 Å². The van der Waals surface area contributed by atoms with Crippen LogP contribution in [0.15, 0.2) is 29.2 Å². The first-order valence-electron chi connectivity index (χ1n) is 6.28. The number of hydrogen-bond donors (Lipinski definition) is 1. The molecule has 1 heterocycles. The van der Waals surface area contributed by atoms with E-state index in [9.17, 15) is 9.90 Å². The van der Waals surface area contributed by atoms with E-state index in [0.29, 0.717) is 24.4 Å². The van der Waals surface area contributed by atoms with Crippen molar-refractivity contribution < 1.29 is 9.90 Å². The van der Waals surface area contributed by atoms with Crippen molar-refractivity contribution in [2.24, 2.45) is 0 Å². The second-order valence-electron chi connectivity index (χ2n) is 4.49. The summed E-state index contributed by atoms with van der Waals surface area (Å²) in [6.07, 6.45) is 1.17. The minimum atomic E-state index is -0.420. The first-order chi connectivity index (χ1) is 9.22. The summed E-state index contributed by atoms with van der Waals surface area (Å²) < 4.78 is 0. The monoisotopic (exact) mass is 276 g/mol. The van der Waals surface area contributed by atoms with Gasteiger partial charge < -0.3 is 10.0 Å². The number of aliphatic hydroxyl groups is 1. The molecule has 1 amide bonds. The summed E-state index contributed by atoms with van der Waals surface area (Å²) in [6.45, 7) is 1.09. The number of piperidine rings is 1. The van der Waals surface area contributed by atoms with Gasteiger partial charge in [-0.25, -0.2) is 0 Å². The van der Waals surface area contributed by atoms with Crippen LogP contribution in [0.2, 0.25) is 0 Å². The zero-order chi connectivity index (χ0) is 13.7. The van der Waals surface area contributed by atoms with Gasteiger partial charge >= 0.3 is 0 Å². The van der Waals surface area contributed by atoms with E-state index in [2.05, 4.69) is 6.07 Å². The number of thioether (sulfide) groups is 1. The van der Waals surface area contributed by atoms with E-state index in [1.807, 2.05) is 18.2 Å². The van der Waals surface area contributed by atoms with Gasteiger partial charge in [0.2, 0.25) is 0 Å². The molecule has 1 fully saturated rings. The quantitative estimate of drug-likeness (QED) is 0.856. The molecule has 4 nitrogen and oxygen atoms in total. The Bertz CT molecular complexity index is 498. The summed E-state index contributed by atoms with van der Waals surface area (Å²) >= 11 is 1.37. The molecule has 1 saturated heterocycles. The lowest BCUT2D eigenvalue weighted by Gasteiger charge is -2.30. The van der Waals surface area contributed by atoms with E-state index in [1.54, 1.807) is 11.0 Å². The van der Waals surface area contributed by atoms with Gasteiger partial charge in [0.1, 0.15) is 0 Å². The number of rotatable bonds is 3. The van der Waals surface area contributed by atoms with E-state index < -0.39 is 6.10 Å². The van der Waals surface area contributed by atoms with Crippen LogP contribution in [0.1, 0.15) is 23.2 Å². The number of nitriles is 1. The Kier molecular flexibility index (Phi) is 4.83. The van der Waals surface area contributed by atoms with Crippen LogP contribution in [0.25, 0.3) is 0 Å². The molecule has 0 radical (unpaired) electrons. The molecule has 19 heavy (non-hydrogen) atoms. The lowest BCUT2D eigenvalue weighted by atomic mass is 10.1. The molecule has 0 aliphatic carbocycles. The Morgan fingerprint density at radius 2 is 2.32 bits per heavy atom. The van der Waals surface area contributed by atoms with E-state index in [-0.39, 0.29) is 5.91 Å². The summed E-state index contributed by atoms with van der Waals surface area (Å²) in [4.78, 5) is 15.0. The average molecular weight is 276 g/mol. The molecule has 0 aromatic heterocycles. The van der Waals surface area contributed by atoms with Crippen molar-refractivity contribution in [2.45, 2.75) is 23.8 Å².